The largest absolute Gasteiger partial charge is 0.460 e. The Balaban J connectivity index is 1.72. The van der Waals surface area contributed by atoms with Crippen molar-refractivity contribution in [3.8, 4) is 11.4 Å². The summed E-state index contributed by atoms with van der Waals surface area (Å²) >= 11 is 3.43. The lowest BCUT2D eigenvalue weighted by Crippen LogP contribution is -2.09. The molecule has 0 aliphatic rings. The molecule has 0 saturated heterocycles. The first-order chi connectivity index (χ1) is 14.5. The lowest BCUT2D eigenvalue weighted by atomic mass is 10.1. The van der Waals surface area contributed by atoms with E-state index in [4.69, 9.17) is 9.15 Å². The van der Waals surface area contributed by atoms with Gasteiger partial charge in [0.15, 0.2) is 5.82 Å². The molecule has 4 aromatic rings. The molecule has 0 aliphatic heterocycles. The Morgan fingerprint density at radius 3 is 2.90 bits per heavy atom. The molecular weight excluding hydrogens is 456 g/mol. The van der Waals surface area contributed by atoms with Crippen LogP contribution in [0.2, 0.25) is 0 Å². The minimum absolute atomic E-state index is 0.0425. The Bertz CT molecular complexity index is 1260. The fourth-order valence-corrected chi connectivity index (χ4v) is 3.42. The van der Waals surface area contributed by atoms with Gasteiger partial charge in [-0.25, -0.2) is 14.5 Å². The van der Waals surface area contributed by atoms with Gasteiger partial charge in [-0.3, -0.25) is 10.1 Å². The van der Waals surface area contributed by atoms with Gasteiger partial charge in [-0.1, -0.05) is 28.1 Å². The summed E-state index contributed by atoms with van der Waals surface area (Å²) in [7, 11) is 0. The fourth-order valence-electron chi connectivity index (χ4n) is 3.06. The second-order valence-electron chi connectivity index (χ2n) is 6.34. The highest BCUT2D eigenvalue weighted by atomic mass is 79.9. The van der Waals surface area contributed by atoms with Crippen molar-refractivity contribution < 1.29 is 18.9 Å². The number of carbonyl (C=O) groups excluding carboxylic acids is 1. The number of nitro benzene ring substituents is 1. The van der Waals surface area contributed by atoms with E-state index in [9.17, 15) is 14.9 Å². The highest BCUT2D eigenvalue weighted by Gasteiger charge is 2.23. The van der Waals surface area contributed by atoms with Gasteiger partial charge in [0.1, 0.15) is 11.9 Å². The normalized spacial score (nSPS) is 11.0. The van der Waals surface area contributed by atoms with E-state index in [0.717, 1.165) is 9.86 Å². The zero-order valence-corrected chi connectivity index (χ0v) is 17.3. The van der Waals surface area contributed by atoms with E-state index in [1.165, 1.54) is 18.5 Å². The first kappa shape index (κ1) is 19.8. The number of benzene rings is 2. The van der Waals surface area contributed by atoms with Crippen LogP contribution in [0.15, 0.2) is 57.7 Å². The summed E-state index contributed by atoms with van der Waals surface area (Å²) in [5.74, 6) is -0.110. The molecule has 152 valence electrons. The van der Waals surface area contributed by atoms with Crippen molar-refractivity contribution in [3.05, 3.63) is 74.7 Å². The predicted octanol–water partition coefficient (Wildman–Crippen LogP) is 4.59. The van der Waals surface area contributed by atoms with Crippen molar-refractivity contribution >= 4 is 38.6 Å². The zero-order valence-electron chi connectivity index (χ0n) is 15.7. The van der Waals surface area contributed by atoms with Crippen LogP contribution in [0, 0.1) is 10.1 Å². The van der Waals surface area contributed by atoms with Crippen molar-refractivity contribution in [1.29, 1.82) is 0 Å². The van der Waals surface area contributed by atoms with E-state index in [2.05, 4.69) is 26.0 Å². The maximum absolute atomic E-state index is 12.4. The SMILES string of the molecule is CCOC(=O)c1oc2ccc(Br)cc2c1Cn1cnc(-c2cccc([N+](=O)[O-])c2)n1. The van der Waals surface area contributed by atoms with Gasteiger partial charge < -0.3 is 9.15 Å². The lowest BCUT2D eigenvalue weighted by Gasteiger charge is -2.03. The van der Waals surface area contributed by atoms with Gasteiger partial charge in [-0.2, -0.15) is 5.10 Å². The van der Waals surface area contributed by atoms with Crippen molar-refractivity contribution in [3.63, 3.8) is 0 Å². The van der Waals surface area contributed by atoms with Gasteiger partial charge >= 0.3 is 5.97 Å². The van der Waals surface area contributed by atoms with Gasteiger partial charge in [0.2, 0.25) is 5.76 Å². The zero-order chi connectivity index (χ0) is 21.3. The van der Waals surface area contributed by atoms with Crippen LogP contribution < -0.4 is 0 Å². The van der Waals surface area contributed by atoms with E-state index >= 15 is 0 Å². The van der Waals surface area contributed by atoms with Gasteiger partial charge in [0, 0.05) is 33.1 Å². The molecule has 2 heterocycles. The number of aromatic nitrogens is 3. The Labute approximate surface area is 178 Å². The van der Waals surface area contributed by atoms with Crippen LogP contribution in [0.5, 0.6) is 0 Å². The number of carbonyl (C=O) groups is 1. The summed E-state index contributed by atoms with van der Waals surface area (Å²) in [6, 6.07) is 11.5. The third-order valence-corrected chi connectivity index (χ3v) is 4.88. The monoisotopic (exact) mass is 470 g/mol. The number of nitrogens with zero attached hydrogens (tertiary/aromatic N) is 4. The van der Waals surface area contributed by atoms with Crippen molar-refractivity contribution in [2.24, 2.45) is 0 Å². The molecular formula is C20H15BrN4O5. The summed E-state index contributed by atoms with van der Waals surface area (Å²) in [4.78, 5) is 27.2. The first-order valence-corrected chi connectivity index (χ1v) is 9.78. The number of halogens is 1. The van der Waals surface area contributed by atoms with Crippen LogP contribution in [-0.4, -0.2) is 32.3 Å². The maximum Gasteiger partial charge on any atom is 0.374 e. The third kappa shape index (κ3) is 3.81. The molecule has 0 spiro atoms. The highest BCUT2D eigenvalue weighted by Crippen LogP contribution is 2.30. The number of ether oxygens (including phenoxy) is 1. The predicted molar refractivity (Wildman–Crippen MR) is 111 cm³/mol. The number of furan rings is 1. The molecule has 0 atom stereocenters. The van der Waals surface area contributed by atoms with Gasteiger partial charge in [-0.05, 0) is 25.1 Å². The van der Waals surface area contributed by atoms with Gasteiger partial charge in [-0.15, -0.1) is 0 Å². The van der Waals surface area contributed by atoms with E-state index in [0.29, 0.717) is 22.5 Å². The number of esters is 1. The van der Waals surface area contributed by atoms with Gasteiger partial charge in [0.05, 0.1) is 18.1 Å². The molecule has 2 aromatic carbocycles. The standard InChI is InChI=1S/C20H15BrN4O5/c1-2-29-20(26)18-16(15-9-13(21)6-7-17(15)30-18)10-24-11-22-19(23-24)12-4-3-5-14(8-12)25(27)28/h3-9,11H,2,10H2,1H3. The number of nitro groups is 1. The summed E-state index contributed by atoms with van der Waals surface area (Å²) in [6.07, 6.45) is 1.50. The smallest absolute Gasteiger partial charge is 0.374 e. The maximum atomic E-state index is 12.4. The van der Waals surface area contributed by atoms with Crippen molar-refractivity contribution in [1.82, 2.24) is 14.8 Å². The number of non-ortho nitro benzene ring substituents is 1. The molecule has 4 rings (SSSR count). The van der Waals surface area contributed by atoms with Crippen LogP contribution in [0.3, 0.4) is 0 Å². The van der Waals surface area contributed by atoms with Crippen molar-refractivity contribution in [2.45, 2.75) is 13.5 Å². The minimum Gasteiger partial charge on any atom is -0.460 e. The molecule has 0 N–H and O–H groups in total. The molecule has 0 saturated carbocycles. The number of hydrogen-bond donors (Lipinski definition) is 0. The lowest BCUT2D eigenvalue weighted by molar-refractivity contribution is -0.384. The van der Waals surface area contributed by atoms with E-state index < -0.39 is 10.9 Å². The van der Waals surface area contributed by atoms with Crippen LogP contribution in [0.25, 0.3) is 22.4 Å². The van der Waals surface area contributed by atoms with E-state index in [1.807, 2.05) is 12.1 Å². The average Bonchev–Trinajstić information content (AvgIpc) is 3.34. The second-order valence-corrected chi connectivity index (χ2v) is 7.26. The molecule has 9 nitrogen and oxygen atoms in total. The fraction of sp³-hybridized carbons (Fsp3) is 0.150. The Hall–Kier alpha value is -3.53. The number of hydrogen-bond acceptors (Lipinski definition) is 7. The molecule has 2 aromatic heterocycles. The third-order valence-electron chi connectivity index (χ3n) is 4.39. The topological polar surface area (TPSA) is 113 Å². The minimum atomic E-state index is -0.557. The summed E-state index contributed by atoms with van der Waals surface area (Å²) < 4.78 is 13.2. The van der Waals surface area contributed by atoms with Gasteiger partial charge in [0.25, 0.3) is 5.69 Å². The first-order valence-electron chi connectivity index (χ1n) is 8.98. The summed E-state index contributed by atoms with van der Waals surface area (Å²) in [6.45, 7) is 2.15. The summed E-state index contributed by atoms with van der Waals surface area (Å²) in [5.41, 5.74) is 1.64. The average molecular weight is 471 g/mol. The van der Waals surface area contributed by atoms with E-state index in [1.54, 1.807) is 29.8 Å². The van der Waals surface area contributed by atoms with Crippen molar-refractivity contribution in [2.75, 3.05) is 6.61 Å². The molecule has 0 fully saturated rings. The van der Waals surface area contributed by atoms with Crippen LogP contribution >= 0.6 is 15.9 Å². The Morgan fingerprint density at radius 1 is 1.30 bits per heavy atom. The molecule has 0 amide bonds. The van der Waals surface area contributed by atoms with Crippen LogP contribution in [0.4, 0.5) is 5.69 Å². The molecule has 0 aliphatic carbocycles. The Kier molecular flexibility index (Phi) is 5.32. The number of rotatable bonds is 6. The molecule has 0 unspecified atom stereocenters. The molecule has 30 heavy (non-hydrogen) atoms. The van der Waals surface area contributed by atoms with E-state index in [-0.39, 0.29) is 24.6 Å². The van der Waals surface area contributed by atoms with Crippen LogP contribution in [0.1, 0.15) is 23.0 Å². The number of fused-ring (bicyclic) bond motifs is 1. The highest BCUT2D eigenvalue weighted by molar-refractivity contribution is 9.10. The molecule has 10 heteroatoms. The quantitative estimate of drug-likeness (QED) is 0.230. The molecule has 0 radical (unpaired) electrons. The second kappa shape index (κ2) is 8.07. The Morgan fingerprint density at radius 2 is 2.13 bits per heavy atom. The molecule has 0 bridgehead atoms. The van der Waals surface area contributed by atoms with Crippen LogP contribution in [-0.2, 0) is 11.3 Å². The summed E-state index contributed by atoms with van der Waals surface area (Å²) in [5, 5.41) is 16.2.